The number of allylic oxidation sites excluding steroid dienone is 4. The SMILES string of the molecule is C=C/C=C(\CC(C)C(=C)C)c1ccc(/S(C)=C(\C)c2sc3c(C)ccc(C)c3c2Cl)c(CC)c1. The third-order valence-electron chi connectivity index (χ3n) is 6.79. The molecule has 0 aliphatic rings. The second-order valence-corrected chi connectivity index (χ2v) is 12.7. The molecule has 0 radical (unpaired) electrons. The van der Waals surface area contributed by atoms with Crippen molar-refractivity contribution in [3.05, 3.63) is 93.4 Å². The highest BCUT2D eigenvalue weighted by Gasteiger charge is 2.18. The van der Waals surface area contributed by atoms with Crippen molar-refractivity contribution in [1.82, 2.24) is 0 Å². The molecule has 0 aliphatic heterocycles. The normalized spacial score (nSPS) is 14.2. The highest BCUT2D eigenvalue weighted by Crippen LogP contribution is 2.42. The maximum atomic E-state index is 6.98. The van der Waals surface area contributed by atoms with Gasteiger partial charge in [-0.3, -0.25) is 0 Å². The Hall–Kier alpha value is -1.87. The van der Waals surface area contributed by atoms with Gasteiger partial charge in [-0.05, 0) is 91.5 Å². The molecular formula is C31H37ClS2. The lowest BCUT2D eigenvalue weighted by Crippen LogP contribution is -2.00. The number of thiophene rings is 1. The van der Waals surface area contributed by atoms with Crippen LogP contribution in [0.25, 0.3) is 15.7 Å². The van der Waals surface area contributed by atoms with Gasteiger partial charge in [-0.25, -0.2) is 0 Å². The lowest BCUT2D eigenvalue weighted by Gasteiger charge is -2.18. The quantitative estimate of drug-likeness (QED) is 0.123. The van der Waals surface area contributed by atoms with Crippen LogP contribution in [0.4, 0.5) is 0 Å². The Morgan fingerprint density at radius 2 is 1.82 bits per heavy atom. The number of rotatable bonds is 8. The van der Waals surface area contributed by atoms with Crippen molar-refractivity contribution in [3.8, 4) is 0 Å². The average Bonchev–Trinajstić information content (AvgIpc) is 3.18. The summed E-state index contributed by atoms with van der Waals surface area (Å²) < 4.78 is 1.31. The highest BCUT2D eigenvalue weighted by molar-refractivity contribution is 8.15. The summed E-state index contributed by atoms with van der Waals surface area (Å²) in [5, 5.41) is 2.13. The van der Waals surface area contributed by atoms with E-state index in [1.54, 1.807) is 0 Å². The number of fused-ring (bicyclic) bond motifs is 1. The number of aryl methyl sites for hydroxylation is 3. The first-order chi connectivity index (χ1) is 16.1. The van der Waals surface area contributed by atoms with Gasteiger partial charge in [0.1, 0.15) is 0 Å². The smallest absolute Gasteiger partial charge is 0.0675 e. The van der Waals surface area contributed by atoms with Gasteiger partial charge in [-0.15, -0.1) is 11.3 Å². The number of halogens is 1. The van der Waals surface area contributed by atoms with E-state index in [9.17, 15) is 0 Å². The second-order valence-electron chi connectivity index (χ2n) is 9.27. The Balaban J connectivity index is 2.10. The van der Waals surface area contributed by atoms with Crippen LogP contribution in [0.5, 0.6) is 0 Å². The van der Waals surface area contributed by atoms with Crippen LogP contribution in [-0.4, -0.2) is 11.1 Å². The summed E-state index contributed by atoms with van der Waals surface area (Å²) in [6.07, 6.45) is 8.37. The van der Waals surface area contributed by atoms with E-state index >= 15 is 0 Å². The van der Waals surface area contributed by atoms with E-state index in [0.717, 1.165) is 17.9 Å². The van der Waals surface area contributed by atoms with Crippen molar-refractivity contribution in [3.63, 3.8) is 0 Å². The predicted octanol–water partition coefficient (Wildman–Crippen LogP) is 10.4. The Labute approximate surface area is 218 Å². The molecule has 2 unspecified atom stereocenters. The molecule has 2 aromatic carbocycles. The van der Waals surface area contributed by atoms with Crippen LogP contribution in [0.2, 0.25) is 5.02 Å². The van der Waals surface area contributed by atoms with Crippen molar-refractivity contribution in [1.29, 1.82) is 0 Å². The largest absolute Gasteiger partial charge is 0.153 e. The molecule has 0 saturated carbocycles. The molecule has 0 bridgehead atoms. The van der Waals surface area contributed by atoms with Gasteiger partial charge in [0.15, 0.2) is 0 Å². The first kappa shape index (κ1) is 26.7. The molecule has 3 rings (SSSR count). The fourth-order valence-electron chi connectivity index (χ4n) is 4.26. The highest BCUT2D eigenvalue weighted by atomic mass is 35.5. The molecule has 0 nitrogen and oxygen atoms in total. The van der Waals surface area contributed by atoms with E-state index in [4.69, 9.17) is 11.6 Å². The minimum Gasteiger partial charge on any atom is -0.153 e. The van der Waals surface area contributed by atoms with Crippen LogP contribution in [0.15, 0.2) is 66.1 Å². The van der Waals surface area contributed by atoms with Gasteiger partial charge in [0.2, 0.25) is 0 Å². The molecule has 0 fully saturated rings. The fourth-order valence-corrected chi connectivity index (χ4v) is 8.09. The Morgan fingerprint density at radius 3 is 2.41 bits per heavy atom. The lowest BCUT2D eigenvalue weighted by molar-refractivity contribution is 0.708. The average molecular weight is 509 g/mol. The third kappa shape index (κ3) is 5.35. The van der Waals surface area contributed by atoms with Crippen LogP contribution in [0.1, 0.15) is 61.2 Å². The molecule has 2 atom stereocenters. The molecule has 0 aliphatic carbocycles. The maximum Gasteiger partial charge on any atom is 0.0675 e. The number of benzene rings is 2. The van der Waals surface area contributed by atoms with E-state index in [2.05, 4.69) is 97.4 Å². The summed E-state index contributed by atoms with van der Waals surface area (Å²) in [5.41, 5.74) is 7.78. The van der Waals surface area contributed by atoms with Crippen molar-refractivity contribution in [2.75, 3.05) is 6.26 Å². The van der Waals surface area contributed by atoms with Gasteiger partial charge in [0.25, 0.3) is 0 Å². The lowest BCUT2D eigenvalue weighted by atomic mass is 9.90. The molecule has 0 N–H and O–H groups in total. The summed E-state index contributed by atoms with van der Waals surface area (Å²) in [6.45, 7) is 21.3. The minimum absolute atomic E-state index is 0.0452. The third-order valence-corrected chi connectivity index (χ3v) is 11.0. The molecule has 34 heavy (non-hydrogen) atoms. The zero-order chi connectivity index (χ0) is 25.2. The molecule has 1 heterocycles. The van der Waals surface area contributed by atoms with Gasteiger partial charge >= 0.3 is 0 Å². The van der Waals surface area contributed by atoms with Crippen LogP contribution >= 0.6 is 33.4 Å². The van der Waals surface area contributed by atoms with Crippen LogP contribution in [0, 0.1) is 19.8 Å². The molecule has 0 amide bonds. The predicted molar refractivity (Wildman–Crippen MR) is 160 cm³/mol. The van der Waals surface area contributed by atoms with Crippen LogP contribution in [-0.2, 0) is 6.42 Å². The Bertz CT molecular complexity index is 1320. The summed E-state index contributed by atoms with van der Waals surface area (Å²) in [6, 6.07) is 11.4. The summed E-state index contributed by atoms with van der Waals surface area (Å²) in [4.78, 5) is 4.01. The first-order valence-corrected chi connectivity index (χ1v) is 14.7. The number of hydrogen-bond acceptors (Lipinski definition) is 1. The van der Waals surface area contributed by atoms with E-state index in [1.165, 1.54) is 58.1 Å². The van der Waals surface area contributed by atoms with Gasteiger partial charge in [0.05, 0.1) is 9.90 Å². The zero-order valence-electron chi connectivity index (χ0n) is 21.6. The summed E-state index contributed by atoms with van der Waals surface area (Å²) in [7, 11) is -0.0452. The molecule has 3 aromatic rings. The van der Waals surface area contributed by atoms with E-state index in [1.807, 2.05) is 17.4 Å². The van der Waals surface area contributed by atoms with E-state index in [-0.39, 0.29) is 10.5 Å². The topological polar surface area (TPSA) is 0 Å². The maximum absolute atomic E-state index is 6.98. The molecule has 1 aromatic heterocycles. The van der Waals surface area contributed by atoms with Crippen molar-refractivity contribution in [2.24, 2.45) is 5.92 Å². The second kappa shape index (κ2) is 11.2. The monoisotopic (exact) mass is 508 g/mol. The van der Waals surface area contributed by atoms with Gasteiger partial charge in [-0.2, -0.15) is 10.5 Å². The van der Waals surface area contributed by atoms with Gasteiger partial charge < -0.3 is 0 Å². The van der Waals surface area contributed by atoms with Crippen molar-refractivity contribution in [2.45, 2.75) is 59.3 Å². The molecular weight excluding hydrogens is 472 g/mol. The molecule has 180 valence electrons. The molecule has 0 saturated heterocycles. The number of hydrogen-bond donors (Lipinski definition) is 0. The van der Waals surface area contributed by atoms with E-state index < -0.39 is 0 Å². The Kier molecular flexibility index (Phi) is 8.84. The summed E-state index contributed by atoms with van der Waals surface area (Å²) >= 11 is 8.82. The van der Waals surface area contributed by atoms with Crippen molar-refractivity contribution < 1.29 is 0 Å². The zero-order valence-corrected chi connectivity index (χ0v) is 24.0. The van der Waals surface area contributed by atoms with Gasteiger partial charge in [-0.1, -0.05) is 80.6 Å². The first-order valence-electron chi connectivity index (χ1n) is 11.9. The van der Waals surface area contributed by atoms with E-state index in [0.29, 0.717) is 5.92 Å². The molecule has 0 spiro atoms. The minimum atomic E-state index is -0.0452. The van der Waals surface area contributed by atoms with Crippen molar-refractivity contribution >= 4 is 53.9 Å². The van der Waals surface area contributed by atoms with Crippen LogP contribution < -0.4 is 0 Å². The van der Waals surface area contributed by atoms with Crippen LogP contribution in [0.3, 0.4) is 0 Å². The molecule has 3 heteroatoms. The van der Waals surface area contributed by atoms with Gasteiger partial charge in [0, 0.05) is 15.0 Å². The summed E-state index contributed by atoms with van der Waals surface area (Å²) in [5.74, 6) is 0.439. The standard InChI is InChI=1S/C31H37ClS2/c1-10-12-25(17-22(7)19(3)4)26-15-16-27(24(11-2)18-26)34(9)23(8)31-29(32)28-20(5)13-14-21(6)30(28)33-31/h10,12-16,18,22H,1,3,11,17H2,2,4-9H3/b25-12+. The fraction of sp³-hybridized carbons (Fsp3) is 0.323. The Morgan fingerprint density at radius 1 is 1.15 bits per heavy atom.